The molecule has 2 aromatic heterocycles. The lowest BCUT2D eigenvalue weighted by molar-refractivity contribution is 0.0531. The van der Waals surface area contributed by atoms with Gasteiger partial charge in [-0.2, -0.15) is 10.2 Å². The molecule has 10 heteroatoms. The quantitative estimate of drug-likeness (QED) is 0.526. The third-order valence-electron chi connectivity index (χ3n) is 5.29. The number of thiazole rings is 1. The number of carbonyl (C=O) groups is 1. The fourth-order valence-corrected chi connectivity index (χ4v) is 4.40. The predicted molar refractivity (Wildman–Crippen MR) is 126 cm³/mol. The summed E-state index contributed by atoms with van der Waals surface area (Å²) in [6, 6.07) is 11.2. The molecule has 0 radical (unpaired) electrons. The van der Waals surface area contributed by atoms with Crippen molar-refractivity contribution in [2.75, 3.05) is 29.9 Å². The van der Waals surface area contributed by atoms with Crippen LogP contribution >= 0.6 is 11.3 Å². The predicted octanol–water partition coefficient (Wildman–Crippen LogP) is 3.66. The Kier molecular flexibility index (Phi) is 6.82. The number of piperidine rings is 1. The fourth-order valence-electron chi connectivity index (χ4n) is 3.54. The maximum atomic E-state index is 12.1. The molecular weight excluding hydrogens is 440 g/mol. The second kappa shape index (κ2) is 9.94. The first-order valence-electron chi connectivity index (χ1n) is 10.7. The molecule has 9 nitrogen and oxygen atoms in total. The number of hydrogen-bond donors (Lipinski definition) is 2. The number of nitriles is 1. The number of carbonyl (C=O) groups excluding carboxylic acids is 1. The smallest absolute Gasteiger partial charge is 0.350 e. The largest absolute Gasteiger partial charge is 0.462 e. The van der Waals surface area contributed by atoms with Gasteiger partial charge in [-0.1, -0.05) is 23.5 Å². The van der Waals surface area contributed by atoms with E-state index in [9.17, 15) is 9.90 Å². The molecule has 3 heterocycles. The molecule has 0 unspecified atom stereocenters. The summed E-state index contributed by atoms with van der Waals surface area (Å²) in [4.78, 5) is 28.5. The first kappa shape index (κ1) is 22.6. The zero-order valence-electron chi connectivity index (χ0n) is 18.4. The number of aromatic nitrogens is 3. The summed E-state index contributed by atoms with van der Waals surface area (Å²) in [5.41, 5.74) is 2.69. The molecule has 0 aliphatic carbocycles. The van der Waals surface area contributed by atoms with Crippen LogP contribution in [0.2, 0.25) is 0 Å². The molecule has 33 heavy (non-hydrogen) atoms. The monoisotopic (exact) mass is 464 g/mol. The van der Waals surface area contributed by atoms with Gasteiger partial charge in [0.05, 0.1) is 35.7 Å². The standard InChI is InChI=1S/C23H24N6O3S/c1-3-32-21(31)20-14(2)25-23(33-20)28-22-26-18(16-6-4-15(13-24)5-7-16)12-19(27-22)29-10-8-17(30)9-11-29/h4-7,12,17,30H,3,8-11H2,1-2H3,(H,25,26,27,28). The van der Waals surface area contributed by atoms with Crippen LogP contribution in [0.25, 0.3) is 11.3 Å². The molecule has 4 rings (SSSR count). The second-order valence-electron chi connectivity index (χ2n) is 7.62. The lowest BCUT2D eigenvalue weighted by atomic mass is 10.1. The van der Waals surface area contributed by atoms with Gasteiger partial charge in [0.15, 0.2) is 5.13 Å². The molecule has 0 saturated carbocycles. The highest BCUT2D eigenvalue weighted by Crippen LogP contribution is 2.29. The van der Waals surface area contributed by atoms with Crippen molar-refractivity contribution in [1.29, 1.82) is 5.26 Å². The highest BCUT2D eigenvalue weighted by Gasteiger charge is 2.21. The van der Waals surface area contributed by atoms with E-state index in [0.29, 0.717) is 65.4 Å². The number of aliphatic hydroxyl groups is 1. The van der Waals surface area contributed by atoms with Crippen molar-refractivity contribution in [1.82, 2.24) is 15.0 Å². The van der Waals surface area contributed by atoms with Gasteiger partial charge in [0.1, 0.15) is 10.7 Å². The van der Waals surface area contributed by atoms with Crippen LogP contribution in [0.5, 0.6) is 0 Å². The van der Waals surface area contributed by atoms with Gasteiger partial charge in [-0.15, -0.1) is 0 Å². The number of aliphatic hydroxyl groups excluding tert-OH is 1. The van der Waals surface area contributed by atoms with Crippen LogP contribution in [-0.4, -0.2) is 51.8 Å². The van der Waals surface area contributed by atoms with E-state index in [4.69, 9.17) is 10.00 Å². The highest BCUT2D eigenvalue weighted by molar-refractivity contribution is 7.17. The van der Waals surface area contributed by atoms with Gasteiger partial charge in [-0.25, -0.2) is 14.8 Å². The van der Waals surface area contributed by atoms with Crippen molar-refractivity contribution in [2.45, 2.75) is 32.8 Å². The fraction of sp³-hybridized carbons (Fsp3) is 0.348. The highest BCUT2D eigenvalue weighted by atomic mass is 32.1. The average molecular weight is 465 g/mol. The van der Waals surface area contributed by atoms with Gasteiger partial charge in [0.25, 0.3) is 0 Å². The molecule has 170 valence electrons. The number of esters is 1. The minimum absolute atomic E-state index is 0.293. The molecule has 0 atom stereocenters. The molecule has 1 fully saturated rings. The Hall–Kier alpha value is -3.55. The van der Waals surface area contributed by atoms with Crippen LogP contribution in [0.1, 0.15) is 40.7 Å². The van der Waals surface area contributed by atoms with Gasteiger partial charge in [0, 0.05) is 24.7 Å². The van der Waals surface area contributed by atoms with Crippen LogP contribution in [0.4, 0.5) is 16.9 Å². The maximum absolute atomic E-state index is 12.1. The molecule has 3 aromatic rings. The molecule has 1 aliphatic heterocycles. The first-order valence-corrected chi connectivity index (χ1v) is 11.5. The van der Waals surface area contributed by atoms with Crippen LogP contribution in [0.15, 0.2) is 30.3 Å². The maximum Gasteiger partial charge on any atom is 0.350 e. The van der Waals surface area contributed by atoms with Crippen molar-refractivity contribution in [3.63, 3.8) is 0 Å². The number of nitrogens with zero attached hydrogens (tertiary/aromatic N) is 5. The topological polar surface area (TPSA) is 124 Å². The number of ether oxygens (including phenoxy) is 1. The van der Waals surface area contributed by atoms with E-state index < -0.39 is 5.97 Å². The Labute approximate surface area is 195 Å². The van der Waals surface area contributed by atoms with E-state index in [2.05, 4.69) is 31.2 Å². The van der Waals surface area contributed by atoms with E-state index in [0.717, 1.165) is 11.4 Å². The van der Waals surface area contributed by atoms with Gasteiger partial charge in [-0.3, -0.25) is 5.32 Å². The van der Waals surface area contributed by atoms with Gasteiger partial charge in [-0.05, 0) is 38.8 Å². The van der Waals surface area contributed by atoms with Crippen LogP contribution in [0.3, 0.4) is 0 Å². The lowest BCUT2D eigenvalue weighted by Gasteiger charge is -2.30. The Balaban J connectivity index is 1.68. The average Bonchev–Trinajstić information content (AvgIpc) is 3.19. The number of aryl methyl sites for hydroxylation is 1. The summed E-state index contributed by atoms with van der Waals surface area (Å²) in [5.74, 6) is 0.681. The number of anilines is 3. The number of rotatable bonds is 6. The van der Waals surface area contributed by atoms with Crippen LogP contribution in [0, 0.1) is 18.3 Å². The van der Waals surface area contributed by atoms with Crippen molar-refractivity contribution in [3.8, 4) is 17.3 Å². The van der Waals surface area contributed by atoms with E-state index >= 15 is 0 Å². The molecular formula is C23H24N6O3S. The van der Waals surface area contributed by atoms with Gasteiger partial charge >= 0.3 is 5.97 Å². The number of benzene rings is 1. The Bertz CT molecular complexity index is 1180. The zero-order chi connectivity index (χ0) is 23.4. The Morgan fingerprint density at radius 3 is 2.67 bits per heavy atom. The Morgan fingerprint density at radius 2 is 2.00 bits per heavy atom. The SMILES string of the molecule is CCOC(=O)c1sc(Nc2nc(-c3ccc(C#N)cc3)cc(N3CCC(O)CC3)n2)nc1C. The van der Waals surface area contributed by atoms with E-state index in [1.165, 1.54) is 11.3 Å². The number of nitrogens with one attached hydrogen (secondary N) is 1. The minimum atomic E-state index is -0.402. The van der Waals surface area contributed by atoms with Crippen molar-refractivity contribution >= 4 is 34.2 Å². The van der Waals surface area contributed by atoms with E-state index in [-0.39, 0.29) is 6.10 Å². The van der Waals surface area contributed by atoms with Crippen molar-refractivity contribution in [3.05, 3.63) is 46.5 Å². The molecule has 1 aliphatic rings. The summed E-state index contributed by atoms with van der Waals surface area (Å²) in [6.45, 7) is 5.19. The minimum Gasteiger partial charge on any atom is -0.462 e. The van der Waals surface area contributed by atoms with Crippen LogP contribution < -0.4 is 10.2 Å². The van der Waals surface area contributed by atoms with E-state index in [1.807, 2.05) is 18.2 Å². The van der Waals surface area contributed by atoms with Crippen LogP contribution in [-0.2, 0) is 4.74 Å². The molecule has 0 bridgehead atoms. The second-order valence-corrected chi connectivity index (χ2v) is 8.62. The first-order chi connectivity index (χ1) is 16.0. The normalized spacial score (nSPS) is 14.1. The molecule has 2 N–H and O–H groups in total. The summed E-state index contributed by atoms with van der Waals surface area (Å²) in [7, 11) is 0. The number of hydrogen-bond acceptors (Lipinski definition) is 10. The summed E-state index contributed by atoms with van der Waals surface area (Å²) in [6.07, 6.45) is 1.06. The van der Waals surface area contributed by atoms with E-state index in [1.54, 1.807) is 26.0 Å². The van der Waals surface area contributed by atoms with Crippen molar-refractivity contribution in [2.24, 2.45) is 0 Å². The summed E-state index contributed by atoms with van der Waals surface area (Å²) in [5, 5.41) is 22.6. The Morgan fingerprint density at radius 1 is 1.27 bits per heavy atom. The molecule has 1 aromatic carbocycles. The van der Waals surface area contributed by atoms with Gasteiger partial charge in [0.2, 0.25) is 5.95 Å². The lowest BCUT2D eigenvalue weighted by Crippen LogP contribution is -2.36. The third kappa shape index (κ3) is 5.27. The molecule has 1 saturated heterocycles. The summed E-state index contributed by atoms with van der Waals surface area (Å²) >= 11 is 1.19. The third-order valence-corrected chi connectivity index (χ3v) is 6.34. The van der Waals surface area contributed by atoms with Crippen molar-refractivity contribution < 1.29 is 14.6 Å². The van der Waals surface area contributed by atoms with Gasteiger partial charge < -0.3 is 14.7 Å². The molecule has 0 amide bonds. The zero-order valence-corrected chi connectivity index (χ0v) is 19.2. The molecule has 0 spiro atoms. The summed E-state index contributed by atoms with van der Waals surface area (Å²) < 4.78 is 5.10.